The Kier molecular flexibility index (Phi) is 1.88. The van der Waals surface area contributed by atoms with Crippen LogP contribution in [0.2, 0.25) is 0 Å². The van der Waals surface area contributed by atoms with Crippen LogP contribution in [0.15, 0.2) is 0 Å². The summed E-state index contributed by atoms with van der Waals surface area (Å²) in [5.74, 6) is -5.57. The predicted molar refractivity (Wildman–Crippen MR) is 20.8 cm³/mol. The molecule has 0 aliphatic carbocycles. The molecule has 0 saturated carbocycles. The Hall–Kier alpha value is -0.680. The second-order valence-electron chi connectivity index (χ2n) is 1.22. The van der Waals surface area contributed by atoms with Gasteiger partial charge in [0, 0.05) is 0 Å². The number of hydrogen-bond acceptors (Lipinski definition) is 3. The summed E-state index contributed by atoms with van der Waals surface area (Å²) in [5, 5.41) is 23.3. The Morgan fingerprint density at radius 1 is 1.75 bits per heavy atom. The average Bonchev–Trinajstić information content (AvgIpc) is 1.67. The number of carboxylic acid groups (broad SMARTS) is 1. The molecule has 0 aromatic carbocycles. The number of halogens is 1. The normalized spacial score (nSPS) is 17.4. The van der Waals surface area contributed by atoms with E-state index in [1.54, 1.807) is 0 Å². The topological polar surface area (TPSA) is 77.8 Å². The van der Waals surface area contributed by atoms with Crippen molar-refractivity contribution >= 4 is 5.97 Å². The molecule has 0 rings (SSSR count). The molecule has 1 unspecified atom stereocenters. The summed E-state index contributed by atoms with van der Waals surface area (Å²) >= 11 is 0. The molecule has 0 spiro atoms. The van der Waals surface area contributed by atoms with Crippen molar-refractivity contribution in [2.45, 2.75) is 5.85 Å². The zero-order valence-electron chi connectivity index (χ0n) is 3.83. The van der Waals surface area contributed by atoms with Gasteiger partial charge in [-0.1, -0.05) is 0 Å². The van der Waals surface area contributed by atoms with Gasteiger partial charge in [-0.05, 0) is 0 Å². The van der Waals surface area contributed by atoms with Crippen LogP contribution in [0.1, 0.15) is 0 Å². The van der Waals surface area contributed by atoms with Gasteiger partial charge in [0.05, 0.1) is 0 Å². The van der Waals surface area contributed by atoms with Gasteiger partial charge in [0.25, 0.3) is 0 Å². The largest absolute Gasteiger partial charge is 0.477 e. The fourth-order valence-corrected chi connectivity index (χ4v) is 0.0676. The Bertz CT molecular complexity index is 99.5. The fraction of sp³-hybridized carbons (Fsp3) is 0.667. The zero-order valence-corrected chi connectivity index (χ0v) is 3.83. The minimum Gasteiger partial charge on any atom is -0.477 e. The first-order valence-corrected chi connectivity index (χ1v) is 1.76. The number of aliphatic hydroxyl groups is 2. The maximum atomic E-state index is 11.6. The molecule has 4 nitrogen and oxygen atoms in total. The third-order valence-electron chi connectivity index (χ3n) is 0.537. The number of carboxylic acids is 1. The highest BCUT2D eigenvalue weighted by Gasteiger charge is 2.34. The Balaban J connectivity index is 3.91. The van der Waals surface area contributed by atoms with Crippen molar-refractivity contribution in [3.05, 3.63) is 0 Å². The standard InChI is InChI=1S/C3H5FO4/c4-3(8,1-5)2(6)7/h5,8H,1H2,(H,6,7). The first-order chi connectivity index (χ1) is 3.50. The number of aliphatic hydroxyl groups excluding tert-OH is 1. The minimum absolute atomic E-state index is 1.43. The summed E-state index contributed by atoms with van der Waals surface area (Å²) in [5.41, 5.74) is 0. The Morgan fingerprint density at radius 3 is 2.12 bits per heavy atom. The van der Waals surface area contributed by atoms with Gasteiger partial charge in [-0.3, -0.25) is 0 Å². The molecule has 48 valence electrons. The molecule has 0 aromatic rings. The maximum absolute atomic E-state index is 11.6. The molecule has 0 aromatic heterocycles. The molecule has 0 aliphatic rings. The van der Waals surface area contributed by atoms with Gasteiger partial charge < -0.3 is 15.3 Å². The van der Waals surface area contributed by atoms with Crippen molar-refractivity contribution in [3.63, 3.8) is 0 Å². The molecule has 0 saturated heterocycles. The molecule has 0 radical (unpaired) electrons. The Labute approximate surface area is 44.2 Å². The molecule has 0 bridgehead atoms. The molecule has 0 amide bonds. The lowest BCUT2D eigenvalue weighted by molar-refractivity contribution is -0.188. The lowest BCUT2D eigenvalue weighted by Gasteiger charge is -2.07. The van der Waals surface area contributed by atoms with Crippen LogP contribution in [0, 0.1) is 0 Å². The summed E-state index contributed by atoms with van der Waals surface area (Å²) in [7, 11) is 0. The summed E-state index contributed by atoms with van der Waals surface area (Å²) in [4.78, 5) is 9.47. The van der Waals surface area contributed by atoms with Gasteiger partial charge in [0.15, 0.2) is 0 Å². The smallest absolute Gasteiger partial charge is 0.371 e. The van der Waals surface area contributed by atoms with Gasteiger partial charge in [0.1, 0.15) is 6.61 Å². The van der Waals surface area contributed by atoms with Crippen LogP contribution in [0.3, 0.4) is 0 Å². The highest BCUT2D eigenvalue weighted by Crippen LogP contribution is 2.02. The number of rotatable bonds is 2. The number of aliphatic carboxylic acids is 1. The first kappa shape index (κ1) is 7.32. The lowest BCUT2D eigenvalue weighted by Crippen LogP contribution is -2.36. The SMILES string of the molecule is O=C(O)C(O)(F)CO. The predicted octanol–water partition coefficient (Wildman–Crippen LogP) is -1.28. The molecule has 8 heavy (non-hydrogen) atoms. The first-order valence-electron chi connectivity index (χ1n) is 1.76. The van der Waals surface area contributed by atoms with Crippen molar-refractivity contribution in [1.29, 1.82) is 0 Å². The highest BCUT2D eigenvalue weighted by molar-refractivity contribution is 5.75. The summed E-state index contributed by atoms with van der Waals surface area (Å²) in [6.45, 7) is -1.43. The number of alkyl halides is 1. The van der Waals surface area contributed by atoms with Crippen LogP contribution in [0.4, 0.5) is 4.39 Å². The molecule has 1 atom stereocenters. The molecule has 0 fully saturated rings. The molecule has 0 aliphatic heterocycles. The van der Waals surface area contributed by atoms with Crippen LogP contribution < -0.4 is 0 Å². The maximum Gasteiger partial charge on any atom is 0.371 e. The van der Waals surface area contributed by atoms with E-state index in [0.717, 1.165) is 0 Å². The van der Waals surface area contributed by atoms with Crippen LogP contribution in [0.25, 0.3) is 0 Å². The lowest BCUT2D eigenvalue weighted by atomic mass is 10.3. The third-order valence-corrected chi connectivity index (χ3v) is 0.537. The van der Waals surface area contributed by atoms with Crippen LogP contribution >= 0.6 is 0 Å². The van der Waals surface area contributed by atoms with E-state index >= 15 is 0 Å². The van der Waals surface area contributed by atoms with Crippen LogP contribution in [-0.4, -0.2) is 33.8 Å². The Morgan fingerprint density at radius 2 is 2.12 bits per heavy atom. The van der Waals surface area contributed by atoms with Crippen LogP contribution in [-0.2, 0) is 4.79 Å². The number of carbonyl (C=O) groups is 1. The van der Waals surface area contributed by atoms with Crippen LogP contribution in [0.5, 0.6) is 0 Å². The van der Waals surface area contributed by atoms with Crippen molar-refractivity contribution in [2.24, 2.45) is 0 Å². The van der Waals surface area contributed by atoms with E-state index in [-0.39, 0.29) is 0 Å². The van der Waals surface area contributed by atoms with E-state index < -0.39 is 18.4 Å². The summed E-state index contributed by atoms with van der Waals surface area (Å²) in [6.07, 6.45) is 0. The van der Waals surface area contributed by atoms with E-state index in [1.807, 2.05) is 0 Å². The van der Waals surface area contributed by atoms with Crippen molar-refractivity contribution in [3.8, 4) is 0 Å². The van der Waals surface area contributed by atoms with E-state index in [1.165, 1.54) is 0 Å². The molecule has 5 heteroatoms. The van der Waals surface area contributed by atoms with Gasteiger partial charge in [-0.25, -0.2) is 4.79 Å². The van der Waals surface area contributed by atoms with Gasteiger partial charge in [-0.15, -0.1) is 0 Å². The zero-order chi connectivity index (χ0) is 6.78. The number of hydrogen-bond donors (Lipinski definition) is 3. The summed E-state index contributed by atoms with van der Waals surface area (Å²) in [6, 6.07) is 0. The van der Waals surface area contributed by atoms with E-state index in [2.05, 4.69) is 0 Å². The second kappa shape index (κ2) is 2.06. The van der Waals surface area contributed by atoms with Crippen molar-refractivity contribution in [2.75, 3.05) is 6.61 Å². The minimum atomic E-state index is -3.49. The fourth-order valence-electron chi connectivity index (χ4n) is 0.0676. The highest BCUT2D eigenvalue weighted by atomic mass is 19.2. The molecular formula is C3H5FO4. The average molecular weight is 124 g/mol. The van der Waals surface area contributed by atoms with E-state index in [9.17, 15) is 9.18 Å². The molecule has 3 N–H and O–H groups in total. The van der Waals surface area contributed by atoms with Crippen molar-refractivity contribution < 1.29 is 24.5 Å². The molecule has 0 heterocycles. The summed E-state index contributed by atoms with van der Waals surface area (Å²) < 4.78 is 11.6. The second-order valence-corrected chi connectivity index (χ2v) is 1.22. The van der Waals surface area contributed by atoms with Gasteiger partial charge in [-0.2, -0.15) is 4.39 Å². The van der Waals surface area contributed by atoms with E-state index in [0.29, 0.717) is 0 Å². The molecular weight excluding hydrogens is 119 g/mol. The quantitative estimate of drug-likeness (QED) is 0.428. The van der Waals surface area contributed by atoms with Gasteiger partial charge >= 0.3 is 11.8 Å². The third kappa shape index (κ3) is 1.43. The monoisotopic (exact) mass is 124 g/mol. The van der Waals surface area contributed by atoms with Crippen molar-refractivity contribution in [1.82, 2.24) is 0 Å². The van der Waals surface area contributed by atoms with Gasteiger partial charge in [0.2, 0.25) is 0 Å². The van der Waals surface area contributed by atoms with E-state index in [4.69, 9.17) is 15.3 Å².